The van der Waals surface area contributed by atoms with Gasteiger partial charge in [0.1, 0.15) is 6.54 Å². The number of nitrogens with zero attached hydrogens (tertiary/aromatic N) is 3. The average Bonchev–Trinajstić information content (AvgIpc) is 2.93. The van der Waals surface area contributed by atoms with Gasteiger partial charge in [-0.2, -0.15) is 5.10 Å². The summed E-state index contributed by atoms with van der Waals surface area (Å²) in [4.78, 5) is 14.4. The van der Waals surface area contributed by atoms with Crippen LogP contribution in [0.1, 0.15) is 30.0 Å². The maximum atomic E-state index is 12.5. The number of carbonyl (C=O) groups is 1. The second-order valence-electron chi connectivity index (χ2n) is 5.72. The van der Waals surface area contributed by atoms with Gasteiger partial charge in [-0.1, -0.05) is 30.3 Å². The third kappa shape index (κ3) is 3.15. The fourth-order valence-corrected chi connectivity index (χ4v) is 2.99. The highest BCUT2D eigenvalue weighted by Crippen LogP contribution is 2.26. The van der Waals surface area contributed by atoms with Gasteiger partial charge in [0.15, 0.2) is 0 Å². The highest BCUT2D eigenvalue weighted by Gasteiger charge is 2.24. The normalized spacial score (nSPS) is 18.7. The van der Waals surface area contributed by atoms with Crippen molar-refractivity contribution >= 4 is 5.91 Å². The van der Waals surface area contributed by atoms with Gasteiger partial charge < -0.3 is 4.90 Å². The Hall–Kier alpha value is -2.10. The van der Waals surface area contributed by atoms with Gasteiger partial charge in [-0.15, -0.1) is 0 Å². The quantitative estimate of drug-likeness (QED) is 0.868. The predicted octanol–water partition coefficient (Wildman–Crippen LogP) is 2.60. The number of aromatic nitrogens is 2. The van der Waals surface area contributed by atoms with E-state index < -0.39 is 0 Å². The number of amides is 1. The van der Waals surface area contributed by atoms with Gasteiger partial charge in [0.25, 0.3) is 0 Å². The first-order valence-corrected chi connectivity index (χ1v) is 7.55. The highest BCUT2D eigenvalue weighted by molar-refractivity contribution is 5.76. The molecule has 0 bridgehead atoms. The van der Waals surface area contributed by atoms with Gasteiger partial charge in [-0.05, 0) is 31.4 Å². The number of likely N-dealkylation sites (tertiary alicyclic amines) is 1. The minimum absolute atomic E-state index is 0.169. The summed E-state index contributed by atoms with van der Waals surface area (Å²) < 4.78 is 1.77. The zero-order chi connectivity index (χ0) is 14.7. The van der Waals surface area contributed by atoms with Gasteiger partial charge in [0.05, 0.1) is 0 Å². The maximum absolute atomic E-state index is 12.5. The molecule has 0 saturated carbocycles. The molecule has 3 rings (SSSR count). The highest BCUT2D eigenvalue weighted by atomic mass is 16.2. The lowest BCUT2D eigenvalue weighted by Crippen LogP contribution is -2.41. The van der Waals surface area contributed by atoms with Crippen LogP contribution in [0.4, 0.5) is 0 Å². The van der Waals surface area contributed by atoms with Crippen molar-refractivity contribution in [3.05, 3.63) is 53.9 Å². The van der Waals surface area contributed by atoms with Crippen molar-refractivity contribution in [2.24, 2.45) is 0 Å². The molecule has 2 aromatic rings. The molecule has 1 aromatic carbocycles. The van der Waals surface area contributed by atoms with E-state index in [4.69, 9.17) is 0 Å². The fourth-order valence-electron chi connectivity index (χ4n) is 2.99. The van der Waals surface area contributed by atoms with E-state index in [9.17, 15) is 4.79 Å². The van der Waals surface area contributed by atoms with Crippen LogP contribution in [0.3, 0.4) is 0 Å². The summed E-state index contributed by atoms with van der Waals surface area (Å²) >= 11 is 0. The van der Waals surface area contributed by atoms with E-state index in [1.807, 2.05) is 24.0 Å². The summed E-state index contributed by atoms with van der Waals surface area (Å²) in [6, 6.07) is 12.4. The van der Waals surface area contributed by atoms with Crippen LogP contribution in [-0.4, -0.2) is 33.7 Å². The third-order valence-electron chi connectivity index (χ3n) is 4.26. The van der Waals surface area contributed by atoms with E-state index in [1.54, 1.807) is 10.9 Å². The molecule has 0 unspecified atom stereocenters. The van der Waals surface area contributed by atoms with Crippen molar-refractivity contribution in [3.8, 4) is 0 Å². The molecule has 110 valence electrons. The summed E-state index contributed by atoms with van der Waals surface area (Å²) in [5.74, 6) is 0.630. The van der Waals surface area contributed by atoms with Crippen molar-refractivity contribution in [1.82, 2.24) is 14.7 Å². The van der Waals surface area contributed by atoms with E-state index in [2.05, 4.69) is 29.4 Å². The number of piperidine rings is 1. The van der Waals surface area contributed by atoms with Crippen molar-refractivity contribution in [3.63, 3.8) is 0 Å². The third-order valence-corrected chi connectivity index (χ3v) is 4.26. The molecule has 1 saturated heterocycles. The van der Waals surface area contributed by atoms with Gasteiger partial charge in [-0.25, -0.2) is 0 Å². The van der Waals surface area contributed by atoms with Crippen LogP contribution in [0.15, 0.2) is 42.6 Å². The first kappa shape index (κ1) is 13.9. The van der Waals surface area contributed by atoms with E-state index in [0.29, 0.717) is 12.5 Å². The Morgan fingerprint density at radius 3 is 2.81 bits per heavy atom. The van der Waals surface area contributed by atoms with Gasteiger partial charge in [0.2, 0.25) is 5.91 Å². The van der Waals surface area contributed by atoms with Crippen LogP contribution in [-0.2, 0) is 11.3 Å². The monoisotopic (exact) mass is 283 g/mol. The summed E-state index contributed by atoms with van der Waals surface area (Å²) in [7, 11) is 0. The Morgan fingerprint density at radius 2 is 2.10 bits per heavy atom. The molecule has 1 fully saturated rings. The molecular weight excluding hydrogens is 262 g/mol. The van der Waals surface area contributed by atoms with E-state index in [0.717, 1.165) is 31.6 Å². The Labute approximate surface area is 125 Å². The molecule has 1 aromatic heterocycles. The molecule has 0 aliphatic carbocycles. The first-order chi connectivity index (χ1) is 10.2. The molecule has 1 aliphatic rings. The van der Waals surface area contributed by atoms with Gasteiger partial charge >= 0.3 is 0 Å². The maximum Gasteiger partial charge on any atom is 0.244 e. The second kappa shape index (κ2) is 6.12. The molecule has 1 aliphatic heterocycles. The predicted molar refractivity (Wildman–Crippen MR) is 82.0 cm³/mol. The Morgan fingerprint density at radius 1 is 1.29 bits per heavy atom. The van der Waals surface area contributed by atoms with E-state index in [-0.39, 0.29) is 5.91 Å². The van der Waals surface area contributed by atoms with E-state index >= 15 is 0 Å². The molecule has 21 heavy (non-hydrogen) atoms. The van der Waals surface area contributed by atoms with Crippen LogP contribution in [0.2, 0.25) is 0 Å². The SMILES string of the molecule is Cc1ccnn1CC(=O)N1CCC[C@@H](c2ccccc2)C1. The Kier molecular flexibility index (Phi) is 4.04. The summed E-state index contributed by atoms with van der Waals surface area (Å²) in [5.41, 5.74) is 2.37. The molecular formula is C17H21N3O. The Balaban J connectivity index is 1.66. The smallest absolute Gasteiger partial charge is 0.244 e. The minimum Gasteiger partial charge on any atom is -0.340 e. The topological polar surface area (TPSA) is 38.1 Å². The van der Waals surface area contributed by atoms with Crippen molar-refractivity contribution in [2.75, 3.05) is 13.1 Å². The number of aryl methyl sites for hydroxylation is 1. The molecule has 0 N–H and O–H groups in total. The second-order valence-corrected chi connectivity index (χ2v) is 5.72. The van der Waals surface area contributed by atoms with Gasteiger partial charge in [0, 0.05) is 30.9 Å². The fraction of sp³-hybridized carbons (Fsp3) is 0.412. The zero-order valence-electron chi connectivity index (χ0n) is 12.4. The number of rotatable bonds is 3. The first-order valence-electron chi connectivity index (χ1n) is 7.55. The number of benzene rings is 1. The summed E-state index contributed by atoms with van der Waals surface area (Å²) in [6.07, 6.45) is 3.98. The molecule has 0 radical (unpaired) electrons. The van der Waals surface area contributed by atoms with Crippen LogP contribution < -0.4 is 0 Å². The zero-order valence-corrected chi connectivity index (χ0v) is 12.4. The lowest BCUT2D eigenvalue weighted by Gasteiger charge is -2.33. The van der Waals surface area contributed by atoms with Crippen molar-refractivity contribution in [1.29, 1.82) is 0 Å². The lowest BCUT2D eigenvalue weighted by molar-refractivity contribution is -0.133. The number of carbonyl (C=O) groups excluding carboxylic acids is 1. The Bertz CT molecular complexity index is 606. The van der Waals surface area contributed by atoms with Crippen molar-refractivity contribution in [2.45, 2.75) is 32.2 Å². The number of hydrogen-bond acceptors (Lipinski definition) is 2. The van der Waals surface area contributed by atoms with Crippen LogP contribution in [0.25, 0.3) is 0 Å². The minimum atomic E-state index is 0.169. The average molecular weight is 283 g/mol. The lowest BCUT2D eigenvalue weighted by atomic mass is 9.90. The van der Waals surface area contributed by atoms with Crippen LogP contribution in [0, 0.1) is 6.92 Å². The summed E-state index contributed by atoms with van der Waals surface area (Å²) in [6.45, 7) is 4.01. The van der Waals surface area contributed by atoms with E-state index in [1.165, 1.54) is 5.56 Å². The number of hydrogen-bond donors (Lipinski definition) is 0. The molecule has 1 atom stereocenters. The summed E-state index contributed by atoms with van der Waals surface area (Å²) in [5, 5.41) is 4.20. The van der Waals surface area contributed by atoms with Crippen LogP contribution in [0.5, 0.6) is 0 Å². The van der Waals surface area contributed by atoms with Crippen LogP contribution >= 0.6 is 0 Å². The van der Waals surface area contributed by atoms with Gasteiger partial charge in [-0.3, -0.25) is 9.48 Å². The standard InChI is InChI=1S/C17H21N3O/c1-14-9-10-18-20(14)13-17(21)19-11-5-8-16(12-19)15-6-3-2-4-7-15/h2-4,6-7,9-10,16H,5,8,11-13H2,1H3/t16-/m1/s1. The molecule has 0 spiro atoms. The molecule has 4 heteroatoms. The largest absolute Gasteiger partial charge is 0.340 e. The molecule has 4 nitrogen and oxygen atoms in total. The molecule has 1 amide bonds. The van der Waals surface area contributed by atoms with Crippen molar-refractivity contribution < 1.29 is 4.79 Å². The molecule has 2 heterocycles.